The van der Waals surface area contributed by atoms with Crippen LogP contribution in [0.1, 0.15) is 50.9 Å². The fourth-order valence-electron chi connectivity index (χ4n) is 2.41. The van der Waals surface area contributed by atoms with E-state index in [1.807, 2.05) is 26.9 Å². The summed E-state index contributed by atoms with van der Waals surface area (Å²) in [5.41, 5.74) is 1.22. The number of carbonyl (C=O) groups is 1. The van der Waals surface area contributed by atoms with Crippen LogP contribution < -0.4 is 5.32 Å². The van der Waals surface area contributed by atoms with Gasteiger partial charge in [0, 0.05) is 11.7 Å². The van der Waals surface area contributed by atoms with E-state index in [-0.39, 0.29) is 10.9 Å². The van der Waals surface area contributed by atoms with Crippen molar-refractivity contribution in [2.45, 2.75) is 64.2 Å². The number of nitrogens with zero attached hydrogens (tertiary/aromatic N) is 2. The molecule has 0 unspecified atom stereocenters. The molecule has 0 aliphatic rings. The second kappa shape index (κ2) is 6.81. The van der Waals surface area contributed by atoms with Crippen molar-refractivity contribution in [1.82, 2.24) is 20.3 Å². The third-order valence-corrected chi connectivity index (χ3v) is 9.02. The highest BCUT2D eigenvalue weighted by Gasteiger charge is 2.39. The molecule has 0 radical (unpaired) electrons. The van der Waals surface area contributed by atoms with E-state index in [0.29, 0.717) is 21.3 Å². The number of nitrogens with one attached hydrogen (secondary N) is 2. The van der Waals surface area contributed by atoms with Crippen LogP contribution >= 0.6 is 15.9 Å². The first-order valence-electron chi connectivity index (χ1n) is 8.37. The van der Waals surface area contributed by atoms with Gasteiger partial charge in [0.2, 0.25) is 0 Å². The van der Waals surface area contributed by atoms with Crippen LogP contribution in [0.3, 0.4) is 0 Å². The van der Waals surface area contributed by atoms with E-state index < -0.39 is 13.9 Å². The van der Waals surface area contributed by atoms with Crippen LogP contribution in [-0.2, 0) is 0 Å². The summed E-state index contributed by atoms with van der Waals surface area (Å²) in [5, 5.41) is 2.97. The van der Waals surface area contributed by atoms with Gasteiger partial charge in [-0.05, 0) is 60.8 Å². The zero-order valence-corrected chi connectivity index (χ0v) is 18.3. The number of aromatic nitrogens is 3. The van der Waals surface area contributed by atoms with E-state index in [1.165, 1.54) is 0 Å². The number of carbonyl (C=O) groups excluding carboxylic acids is 1. The molecule has 0 aromatic carbocycles. The van der Waals surface area contributed by atoms with Crippen LogP contribution in [0.5, 0.6) is 0 Å². The van der Waals surface area contributed by atoms with E-state index >= 15 is 0 Å². The molecule has 0 spiro atoms. The lowest BCUT2D eigenvalue weighted by Gasteiger charge is -2.38. The Morgan fingerprint density at radius 2 is 1.96 bits per heavy atom. The second-order valence-corrected chi connectivity index (χ2v) is 13.7. The monoisotopic (exact) mass is 426 g/mol. The Morgan fingerprint density at radius 3 is 2.56 bits per heavy atom. The predicted octanol–water partition coefficient (Wildman–Crippen LogP) is 3.99. The summed E-state index contributed by atoms with van der Waals surface area (Å²) in [7, 11) is -2.26. The minimum absolute atomic E-state index is 0.119. The van der Waals surface area contributed by atoms with Gasteiger partial charge in [-0.25, -0.2) is 9.97 Å². The largest absolute Gasteiger partial charge is 0.432 e. The second-order valence-electron chi connectivity index (χ2n) is 8.37. The van der Waals surface area contributed by atoms with Crippen LogP contribution in [0.25, 0.3) is 11.2 Å². The first kappa shape index (κ1) is 20.1. The van der Waals surface area contributed by atoms with Crippen molar-refractivity contribution in [2.24, 2.45) is 0 Å². The van der Waals surface area contributed by atoms with Crippen LogP contribution in [0.2, 0.25) is 18.1 Å². The quantitative estimate of drug-likeness (QED) is 0.608. The molecule has 0 saturated carbocycles. The molecule has 0 saturated heterocycles. The number of hydrogen-bond acceptors (Lipinski definition) is 4. The molecule has 0 atom stereocenters. The van der Waals surface area contributed by atoms with Crippen molar-refractivity contribution in [1.29, 1.82) is 0 Å². The first-order chi connectivity index (χ1) is 11.3. The summed E-state index contributed by atoms with van der Waals surface area (Å²) in [6, 6.07) is 0. The van der Waals surface area contributed by atoms with E-state index in [2.05, 4.69) is 50.0 Å². The molecule has 2 heterocycles. The lowest BCUT2D eigenvalue weighted by atomic mass is 9.93. The van der Waals surface area contributed by atoms with Gasteiger partial charge in [0.1, 0.15) is 10.1 Å². The molecule has 2 aromatic rings. The number of fused-ring (bicyclic) bond motifs is 1. The zero-order chi connectivity index (χ0) is 19.0. The summed E-state index contributed by atoms with van der Waals surface area (Å²) < 4.78 is 0.588. The molecule has 0 aliphatic carbocycles. The molecular weight excluding hydrogens is 400 g/mol. The molecule has 0 bridgehead atoms. The highest BCUT2D eigenvalue weighted by atomic mass is 79.9. The zero-order valence-electron chi connectivity index (χ0n) is 15.7. The van der Waals surface area contributed by atoms with Crippen LogP contribution in [0, 0.1) is 0 Å². The van der Waals surface area contributed by atoms with E-state index in [1.54, 1.807) is 12.4 Å². The summed E-state index contributed by atoms with van der Waals surface area (Å²) in [4.78, 5) is 34.7. The number of halogens is 1. The molecule has 25 heavy (non-hydrogen) atoms. The Bertz CT molecular complexity index is 781. The van der Waals surface area contributed by atoms with E-state index in [0.717, 1.165) is 12.8 Å². The molecule has 0 fully saturated rings. The molecular formula is C17H27BrN4O2Si. The van der Waals surface area contributed by atoms with Crippen LogP contribution in [-0.4, -0.2) is 39.5 Å². The third-order valence-electron chi connectivity index (χ3n) is 5.08. The smallest absolute Gasteiger partial charge is 0.255 e. The number of hydrogen-bond donors (Lipinski definition) is 3. The Hall–Kier alpha value is -1.25. The molecule has 6 nitrogen and oxygen atoms in total. The Kier molecular flexibility index (Phi) is 5.46. The Balaban J connectivity index is 2.11. The average molecular weight is 427 g/mol. The van der Waals surface area contributed by atoms with Crippen molar-refractivity contribution < 1.29 is 9.59 Å². The summed E-state index contributed by atoms with van der Waals surface area (Å²) in [6.45, 7) is 12.1. The molecule has 2 aromatic heterocycles. The standard InChI is InChI=1S/C17H27BrN4O2Si/c1-16(2,7-8-17(3,4)25(5,6)24)22-15(23)11-9-19-14-13(11)21-12(18)10-20-14/h9-10,24H,7-8H2,1-6H3,(H,19,20)(H,22,23). The Labute approximate surface area is 158 Å². The van der Waals surface area contributed by atoms with E-state index in [9.17, 15) is 9.59 Å². The summed E-state index contributed by atoms with van der Waals surface area (Å²) in [5.74, 6) is -0.179. The van der Waals surface area contributed by atoms with Gasteiger partial charge >= 0.3 is 0 Å². The minimum atomic E-state index is -2.26. The van der Waals surface area contributed by atoms with Crippen LogP contribution in [0.15, 0.2) is 17.0 Å². The molecule has 1 amide bonds. The van der Waals surface area contributed by atoms with Gasteiger partial charge in [-0.2, -0.15) is 0 Å². The normalized spacial score (nSPS) is 13.3. The van der Waals surface area contributed by atoms with Gasteiger partial charge in [-0.1, -0.05) is 13.8 Å². The van der Waals surface area contributed by atoms with Crippen molar-refractivity contribution in [3.63, 3.8) is 0 Å². The average Bonchev–Trinajstić information content (AvgIpc) is 2.87. The topological polar surface area (TPSA) is 90.9 Å². The predicted molar refractivity (Wildman–Crippen MR) is 106 cm³/mol. The SMILES string of the molecule is CC(C)(CCC(C)(C)[Si](C)(C)O)NC(=O)c1c[nH]c2ncc(Br)nc12. The van der Waals surface area contributed by atoms with Gasteiger partial charge in [-0.3, -0.25) is 4.79 Å². The fourth-order valence-corrected chi connectivity index (χ4v) is 3.43. The number of aromatic amines is 1. The van der Waals surface area contributed by atoms with Crippen molar-refractivity contribution in [3.8, 4) is 0 Å². The molecule has 3 N–H and O–H groups in total. The van der Waals surface area contributed by atoms with Crippen LogP contribution in [0.4, 0.5) is 0 Å². The number of amides is 1. The lowest BCUT2D eigenvalue weighted by Crippen LogP contribution is -2.46. The van der Waals surface area contributed by atoms with Gasteiger partial charge < -0.3 is 15.1 Å². The minimum Gasteiger partial charge on any atom is -0.432 e. The maximum absolute atomic E-state index is 12.7. The van der Waals surface area contributed by atoms with E-state index in [4.69, 9.17) is 0 Å². The summed E-state index contributed by atoms with van der Waals surface area (Å²) >= 11 is 3.29. The van der Waals surface area contributed by atoms with Crippen molar-refractivity contribution >= 4 is 41.3 Å². The fraction of sp³-hybridized carbons (Fsp3) is 0.588. The number of H-pyrrole nitrogens is 1. The first-order valence-corrected chi connectivity index (χ1v) is 12.1. The molecule has 8 heteroatoms. The molecule has 138 valence electrons. The third kappa shape index (κ3) is 4.68. The maximum atomic E-state index is 12.7. The van der Waals surface area contributed by atoms with Gasteiger partial charge in [0.25, 0.3) is 5.91 Å². The Morgan fingerprint density at radius 1 is 1.32 bits per heavy atom. The van der Waals surface area contributed by atoms with Crippen molar-refractivity contribution in [3.05, 3.63) is 22.6 Å². The number of rotatable bonds is 6. The van der Waals surface area contributed by atoms with Crippen molar-refractivity contribution in [2.75, 3.05) is 0 Å². The van der Waals surface area contributed by atoms with Gasteiger partial charge in [-0.15, -0.1) is 0 Å². The summed E-state index contributed by atoms with van der Waals surface area (Å²) in [6.07, 6.45) is 4.85. The molecule has 0 aliphatic heterocycles. The molecule has 2 rings (SSSR count). The highest BCUT2D eigenvalue weighted by molar-refractivity contribution is 9.10. The lowest BCUT2D eigenvalue weighted by molar-refractivity contribution is 0.0908. The highest BCUT2D eigenvalue weighted by Crippen LogP contribution is 2.41. The maximum Gasteiger partial charge on any atom is 0.255 e. The van der Waals surface area contributed by atoms with Gasteiger partial charge in [0.05, 0.1) is 11.8 Å². The van der Waals surface area contributed by atoms with Gasteiger partial charge in [0.15, 0.2) is 14.0 Å².